The zero-order chi connectivity index (χ0) is 19.9. The molecule has 0 spiro atoms. The Hall–Kier alpha value is -1.53. The molecule has 0 aliphatic heterocycles. The van der Waals surface area contributed by atoms with Crippen LogP contribution in [0.25, 0.3) is 0 Å². The fourth-order valence-electron chi connectivity index (χ4n) is 2.74. The molecule has 0 radical (unpaired) electrons. The molecule has 1 heterocycles. The highest BCUT2D eigenvalue weighted by molar-refractivity contribution is 7.93. The summed E-state index contributed by atoms with van der Waals surface area (Å²) in [5.74, 6) is -0.340. The lowest BCUT2D eigenvalue weighted by atomic mass is 9.93. The summed E-state index contributed by atoms with van der Waals surface area (Å²) in [7, 11) is -3.78. The Morgan fingerprint density at radius 1 is 1.04 bits per heavy atom. The number of Topliss-reactive ketones (excluding diaryl/α,β-unsaturated/α-hetero) is 1. The maximum Gasteiger partial charge on any atom is 0.190 e. The Kier molecular flexibility index (Phi) is 5.51. The molecule has 0 amide bonds. The Balaban J connectivity index is 2.32. The first kappa shape index (κ1) is 20.8. The Bertz CT molecular complexity index is 915. The molecule has 4 nitrogen and oxygen atoms in total. The van der Waals surface area contributed by atoms with Crippen LogP contribution in [0.15, 0.2) is 29.2 Å². The van der Waals surface area contributed by atoms with E-state index in [1.54, 1.807) is 24.3 Å². The lowest BCUT2D eigenvalue weighted by molar-refractivity contribution is -0.120. The van der Waals surface area contributed by atoms with E-state index in [-0.39, 0.29) is 22.5 Å². The van der Waals surface area contributed by atoms with Crippen molar-refractivity contribution in [2.45, 2.75) is 69.9 Å². The highest BCUT2D eigenvalue weighted by atomic mass is 32.2. The van der Waals surface area contributed by atoms with Gasteiger partial charge in [-0.1, -0.05) is 38.5 Å². The van der Waals surface area contributed by atoms with Gasteiger partial charge in [0.15, 0.2) is 15.6 Å². The van der Waals surface area contributed by atoms with E-state index in [0.717, 1.165) is 16.1 Å². The molecule has 26 heavy (non-hydrogen) atoms. The van der Waals surface area contributed by atoms with Crippen LogP contribution in [0.3, 0.4) is 0 Å². The number of hydrogen-bond donors (Lipinski definition) is 0. The molecule has 1 aromatic carbocycles. The van der Waals surface area contributed by atoms with Gasteiger partial charge < -0.3 is 0 Å². The van der Waals surface area contributed by atoms with Crippen molar-refractivity contribution in [2.24, 2.45) is 0 Å². The predicted molar refractivity (Wildman–Crippen MR) is 107 cm³/mol. The molecule has 0 aliphatic carbocycles. The molecule has 0 aliphatic rings. The minimum atomic E-state index is -3.78. The molecule has 142 valence electrons. The summed E-state index contributed by atoms with van der Waals surface area (Å²) in [5, 5.41) is 0.671. The van der Waals surface area contributed by atoms with E-state index in [1.807, 2.05) is 13.8 Å². The minimum absolute atomic E-state index is 0.0275. The number of carbonyl (C=O) groups excluding carboxylic acids is 1. The summed E-state index contributed by atoms with van der Waals surface area (Å²) in [4.78, 5) is 18.7. The number of hydrogen-bond acceptors (Lipinski definition) is 5. The van der Waals surface area contributed by atoms with Crippen molar-refractivity contribution in [3.63, 3.8) is 0 Å². The maximum absolute atomic E-state index is 13.0. The lowest BCUT2D eigenvalue weighted by Crippen LogP contribution is -2.41. The van der Waals surface area contributed by atoms with Gasteiger partial charge >= 0.3 is 0 Å². The molecular formula is C20H27NO3S2. The second-order valence-corrected chi connectivity index (χ2v) is 11.8. The molecule has 0 N–H and O–H groups in total. The van der Waals surface area contributed by atoms with Crippen molar-refractivity contribution in [1.29, 1.82) is 0 Å². The first-order valence-electron chi connectivity index (χ1n) is 8.58. The zero-order valence-corrected chi connectivity index (χ0v) is 18.1. The number of ketones is 1. The van der Waals surface area contributed by atoms with E-state index < -0.39 is 14.6 Å². The fourth-order valence-corrected chi connectivity index (χ4v) is 5.31. The van der Waals surface area contributed by atoms with Crippen LogP contribution in [0.5, 0.6) is 0 Å². The van der Waals surface area contributed by atoms with Gasteiger partial charge in [-0.2, -0.15) is 0 Å². The molecule has 1 aromatic heterocycles. The average molecular weight is 394 g/mol. The normalized spacial score (nSPS) is 13.0. The van der Waals surface area contributed by atoms with Crippen molar-refractivity contribution in [3.05, 3.63) is 45.4 Å². The topological polar surface area (TPSA) is 64.1 Å². The van der Waals surface area contributed by atoms with Crippen LogP contribution in [-0.4, -0.2) is 23.9 Å². The smallest absolute Gasteiger partial charge is 0.190 e. The van der Waals surface area contributed by atoms with E-state index in [1.165, 1.54) is 25.2 Å². The van der Waals surface area contributed by atoms with Crippen LogP contribution in [0.4, 0.5) is 0 Å². The maximum atomic E-state index is 13.0. The summed E-state index contributed by atoms with van der Waals surface area (Å²) < 4.78 is 24.5. The van der Waals surface area contributed by atoms with Crippen molar-refractivity contribution < 1.29 is 13.2 Å². The third-order valence-electron chi connectivity index (χ3n) is 4.51. The molecule has 0 atom stereocenters. The third-order valence-corrected chi connectivity index (χ3v) is 8.56. The standard InChI is InChI=1S/C20H27NO3S2/c1-13-8-10-15(11-9-13)26(23,24)20(6,7)16(22)12-17-21-14(2)18(25-17)19(3,4)5/h8-11H,12H2,1-7H3. The fraction of sp³-hybridized carbons (Fsp3) is 0.500. The van der Waals surface area contributed by atoms with E-state index in [4.69, 9.17) is 0 Å². The van der Waals surface area contributed by atoms with Crippen molar-refractivity contribution >= 4 is 27.0 Å². The van der Waals surface area contributed by atoms with E-state index in [0.29, 0.717) is 5.01 Å². The van der Waals surface area contributed by atoms with E-state index in [2.05, 4.69) is 25.8 Å². The second-order valence-electron chi connectivity index (χ2n) is 8.20. The number of carbonyl (C=O) groups is 1. The number of aromatic nitrogens is 1. The highest BCUT2D eigenvalue weighted by Gasteiger charge is 2.42. The molecule has 0 saturated heterocycles. The molecule has 6 heteroatoms. The number of rotatable bonds is 5. The first-order valence-corrected chi connectivity index (χ1v) is 10.9. The highest BCUT2D eigenvalue weighted by Crippen LogP contribution is 2.33. The number of sulfone groups is 1. The van der Waals surface area contributed by atoms with Gasteiger partial charge in [0, 0.05) is 4.88 Å². The van der Waals surface area contributed by atoms with E-state index in [9.17, 15) is 13.2 Å². The minimum Gasteiger partial charge on any atom is -0.297 e. The molecule has 2 rings (SSSR count). The van der Waals surface area contributed by atoms with Crippen LogP contribution in [0.2, 0.25) is 0 Å². The third kappa shape index (κ3) is 3.91. The van der Waals surface area contributed by atoms with E-state index >= 15 is 0 Å². The Morgan fingerprint density at radius 2 is 1.58 bits per heavy atom. The number of nitrogens with zero attached hydrogens (tertiary/aromatic N) is 1. The van der Waals surface area contributed by atoms with Gasteiger partial charge in [0.25, 0.3) is 0 Å². The first-order chi connectivity index (χ1) is 11.8. The van der Waals surface area contributed by atoms with Crippen LogP contribution in [0.1, 0.15) is 55.8 Å². The van der Waals surface area contributed by atoms with Crippen molar-refractivity contribution in [1.82, 2.24) is 4.98 Å². The lowest BCUT2D eigenvalue weighted by Gasteiger charge is -2.23. The van der Waals surface area contributed by atoms with Crippen LogP contribution >= 0.6 is 11.3 Å². The van der Waals surface area contributed by atoms with Gasteiger partial charge in [0.2, 0.25) is 0 Å². The summed E-state index contributed by atoms with van der Waals surface area (Å²) in [6.45, 7) is 13.1. The average Bonchev–Trinajstić information content (AvgIpc) is 2.88. The van der Waals surface area contributed by atoms with Crippen molar-refractivity contribution in [2.75, 3.05) is 0 Å². The number of thiazole rings is 1. The molecule has 0 unspecified atom stereocenters. The zero-order valence-electron chi connectivity index (χ0n) is 16.5. The summed E-state index contributed by atoms with van der Waals surface area (Å²) in [5.41, 5.74) is 1.83. The molecule has 0 bridgehead atoms. The summed E-state index contributed by atoms with van der Waals surface area (Å²) in [6, 6.07) is 6.61. The molecular weight excluding hydrogens is 366 g/mol. The predicted octanol–water partition coefficient (Wildman–Crippen LogP) is 4.42. The SMILES string of the molecule is Cc1ccc(S(=O)(=O)C(C)(C)C(=O)Cc2nc(C)c(C(C)(C)C)s2)cc1. The van der Waals surface area contributed by atoms with Gasteiger partial charge in [-0.15, -0.1) is 11.3 Å². The van der Waals surface area contributed by atoms with Crippen LogP contribution in [0, 0.1) is 13.8 Å². The quantitative estimate of drug-likeness (QED) is 0.754. The van der Waals surface area contributed by atoms with Crippen molar-refractivity contribution in [3.8, 4) is 0 Å². The summed E-state index contributed by atoms with van der Waals surface area (Å²) in [6.07, 6.45) is 0.0275. The Morgan fingerprint density at radius 3 is 2.04 bits per heavy atom. The molecule has 0 fully saturated rings. The monoisotopic (exact) mass is 393 g/mol. The second kappa shape index (κ2) is 6.89. The number of benzene rings is 1. The van der Waals surface area contributed by atoms with Gasteiger partial charge in [-0.05, 0) is 45.2 Å². The van der Waals surface area contributed by atoms with Gasteiger partial charge in [-0.25, -0.2) is 13.4 Å². The van der Waals surface area contributed by atoms with Crippen LogP contribution in [-0.2, 0) is 26.5 Å². The van der Waals surface area contributed by atoms with Gasteiger partial charge in [-0.3, -0.25) is 4.79 Å². The molecule has 0 saturated carbocycles. The summed E-state index contributed by atoms with van der Waals surface area (Å²) >= 11 is 1.49. The molecule has 2 aromatic rings. The Labute approximate surface area is 160 Å². The number of aryl methyl sites for hydroxylation is 2. The van der Waals surface area contributed by atoms with Gasteiger partial charge in [0.1, 0.15) is 9.75 Å². The van der Waals surface area contributed by atoms with Crippen LogP contribution < -0.4 is 0 Å². The van der Waals surface area contributed by atoms with Gasteiger partial charge in [0.05, 0.1) is 17.0 Å². The largest absolute Gasteiger partial charge is 0.297 e.